The van der Waals surface area contributed by atoms with Crippen molar-refractivity contribution in [3.63, 3.8) is 0 Å². The number of ether oxygens (including phenoxy) is 1. The fourth-order valence-electron chi connectivity index (χ4n) is 5.18. The van der Waals surface area contributed by atoms with Crippen LogP contribution in [0, 0.1) is 28.6 Å². The summed E-state index contributed by atoms with van der Waals surface area (Å²) in [5.41, 5.74) is 3.65. The van der Waals surface area contributed by atoms with E-state index in [4.69, 9.17) is 10.5 Å². The summed E-state index contributed by atoms with van der Waals surface area (Å²) in [7, 11) is 0. The molecule has 10 heteroatoms. The molecule has 2 rings (SSSR count). The van der Waals surface area contributed by atoms with Crippen LogP contribution in [-0.2, 0) is 23.9 Å². The number of nitrogens with one attached hydrogen (secondary N) is 2. The van der Waals surface area contributed by atoms with Crippen LogP contribution in [0.1, 0.15) is 75.7 Å². The Balaban J connectivity index is 2.33. The topological polar surface area (TPSA) is 148 Å². The molecule has 10 nitrogen and oxygen atoms in total. The summed E-state index contributed by atoms with van der Waals surface area (Å²) in [6, 6.07) is -2.84. The fraction of sp³-hybridized carbons (Fsp3) is 0.808. The molecular formula is C26H44N4O6. The molecule has 0 spiro atoms. The Morgan fingerprint density at radius 2 is 1.58 bits per heavy atom. The van der Waals surface area contributed by atoms with Crippen LogP contribution >= 0.6 is 0 Å². The van der Waals surface area contributed by atoms with Gasteiger partial charge in [-0.1, -0.05) is 48.5 Å². The Labute approximate surface area is 214 Å². The predicted molar refractivity (Wildman–Crippen MR) is 134 cm³/mol. The van der Waals surface area contributed by atoms with Gasteiger partial charge in [-0.3, -0.25) is 19.2 Å². The van der Waals surface area contributed by atoms with E-state index in [1.165, 1.54) is 4.90 Å². The van der Waals surface area contributed by atoms with Crippen molar-refractivity contribution in [1.29, 1.82) is 0 Å². The molecule has 0 bridgehead atoms. The Morgan fingerprint density at radius 3 is 2.03 bits per heavy atom. The van der Waals surface area contributed by atoms with E-state index < -0.39 is 58.7 Å². The maximum atomic E-state index is 13.8. The van der Waals surface area contributed by atoms with Gasteiger partial charge < -0.3 is 26.0 Å². The molecule has 2 aliphatic rings. The van der Waals surface area contributed by atoms with Gasteiger partial charge in [0.25, 0.3) is 5.91 Å². The normalized spacial score (nSPS) is 24.4. The molecule has 1 unspecified atom stereocenters. The third kappa shape index (κ3) is 6.56. The number of primary amides is 1. The summed E-state index contributed by atoms with van der Waals surface area (Å²) in [5, 5.41) is 5.41. The minimum absolute atomic E-state index is 0.0216. The van der Waals surface area contributed by atoms with Crippen molar-refractivity contribution in [1.82, 2.24) is 15.5 Å². The summed E-state index contributed by atoms with van der Waals surface area (Å²) in [6.07, 6.45) is -0.471. The van der Waals surface area contributed by atoms with Crippen LogP contribution in [0.5, 0.6) is 0 Å². The Morgan fingerprint density at radius 1 is 1.03 bits per heavy atom. The number of amides is 4. The van der Waals surface area contributed by atoms with E-state index in [2.05, 4.69) is 10.6 Å². The number of rotatable bonds is 8. The molecule has 2 fully saturated rings. The van der Waals surface area contributed by atoms with E-state index in [9.17, 15) is 24.0 Å². The second-order valence-corrected chi connectivity index (χ2v) is 13.3. The van der Waals surface area contributed by atoms with E-state index in [0.29, 0.717) is 6.54 Å². The molecule has 1 heterocycles. The van der Waals surface area contributed by atoms with Crippen molar-refractivity contribution < 1.29 is 28.7 Å². The highest BCUT2D eigenvalue weighted by Gasteiger charge is 2.69. The van der Waals surface area contributed by atoms with Crippen molar-refractivity contribution in [3.05, 3.63) is 0 Å². The minimum Gasteiger partial charge on any atom is -0.444 e. The van der Waals surface area contributed by atoms with Gasteiger partial charge in [-0.2, -0.15) is 0 Å². The molecule has 1 aliphatic heterocycles. The smallest absolute Gasteiger partial charge is 0.408 e. The van der Waals surface area contributed by atoms with Gasteiger partial charge in [0.2, 0.25) is 17.6 Å². The Kier molecular flexibility index (Phi) is 8.23. The van der Waals surface area contributed by atoms with E-state index in [0.717, 1.165) is 0 Å². The number of alkyl carbamates (subject to hydrolysis) is 1. The lowest BCUT2D eigenvalue weighted by molar-refractivity contribution is -0.145. The number of ketones is 1. The van der Waals surface area contributed by atoms with Crippen LogP contribution in [0.25, 0.3) is 0 Å². The first kappa shape index (κ1) is 29.6. The van der Waals surface area contributed by atoms with Gasteiger partial charge in [-0.25, -0.2) is 4.79 Å². The summed E-state index contributed by atoms with van der Waals surface area (Å²) in [6.45, 7) is 18.9. The number of Topliss-reactive ketones (excluding diaryl/α,β-unsaturated/α-hetero) is 1. The van der Waals surface area contributed by atoms with E-state index in [-0.39, 0.29) is 29.6 Å². The van der Waals surface area contributed by atoms with Crippen LogP contribution in [0.2, 0.25) is 0 Å². The van der Waals surface area contributed by atoms with Gasteiger partial charge >= 0.3 is 6.09 Å². The van der Waals surface area contributed by atoms with Gasteiger partial charge in [0.1, 0.15) is 17.7 Å². The largest absolute Gasteiger partial charge is 0.444 e. The third-order valence-electron chi connectivity index (χ3n) is 7.12. The lowest BCUT2D eigenvalue weighted by atomic mass is 9.85. The highest BCUT2D eigenvalue weighted by Crippen LogP contribution is 2.65. The lowest BCUT2D eigenvalue weighted by Crippen LogP contribution is -2.60. The number of hydrogen-bond donors (Lipinski definition) is 3. The minimum atomic E-state index is -1.11. The maximum Gasteiger partial charge on any atom is 0.408 e. The van der Waals surface area contributed by atoms with E-state index in [1.807, 2.05) is 48.5 Å². The highest BCUT2D eigenvalue weighted by molar-refractivity contribution is 6.37. The van der Waals surface area contributed by atoms with Gasteiger partial charge in [0.15, 0.2) is 0 Å². The molecule has 4 amide bonds. The molecule has 0 aromatic rings. The molecule has 1 aliphatic carbocycles. The van der Waals surface area contributed by atoms with Crippen molar-refractivity contribution in [2.24, 2.45) is 34.3 Å². The SMILES string of the molecule is CC(C)CC(NC(=O)[C@@H]1[C@@H]2[C@H](CN1C(=O)[C@@H](NC(=O)OC(C)(C)C)C(C)(C)C)C2(C)C)C(=O)C(N)=O. The first-order valence-corrected chi connectivity index (χ1v) is 12.6. The molecule has 36 heavy (non-hydrogen) atoms. The Bertz CT molecular complexity index is 914. The van der Waals surface area contributed by atoms with Crippen molar-refractivity contribution >= 4 is 29.6 Å². The van der Waals surface area contributed by atoms with Crippen molar-refractivity contribution in [2.45, 2.75) is 99.4 Å². The van der Waals surface area contributed by atoms with Gasteiger partial charge in [-0.15, -0.1) is 0 Å². The van der Waals surface area contributed by atoms with E-state index in [1.54, 1.807) is 20.8 Å². The second kappa shape index (κ2) is 10.0. The molecule has 0 aromatic carbocycles. The molecule has 1 saturated heterocycles. The lowest BCUT2D eigenvalue weighted by Gasteiger charge is -2.38. The zero-order valence-electron chi connectivity index (χ0n) is 23.4. The summed E-state index contributed by atoms with van der Waals surface area (Å²) in [5.74, 6) is -2.84. The third-order valence-corrected chi connectivity index (χ3v) is 7.12. The summed E-state index contributed by atoms with van der Waals surface area (Å²) < 4.78 is 5.37. The molecule has 4 N–H and O–H groups in total. The number of hydrogen-bond acceptors (Lipinski definition) is 6. The van der Waals surface area contributed by atoms with Gasteiger partial charge in [-0.05, 0) is 55.8 Å². The number of carbonyl (C=O) groups excluding carboxylic acids is 5. The summed E-state index contributed by atoms with van der Waals surface area (Å²) >= 11 is 0. The molecule has 0 radical (unpaired) electrons. The number of nitrogens with two attached hydrogens (primary N) is 1. The number of likely N-dealkylation sites (tertiary alicyclic amines) is 1. The quantitative estimate of drug-likeness (QED) is 0.427. The Hall–Kier alpha value is -2.65. The van der Waals surface area contributed by atoms with Crippen molar-refractivity contribution in [2.75, 3.05) is 6.54 Å². The predicted octanol–water partition coefficient (Wildman–Crippen LogP) is 1.99. The van der Waals surface area contributed by atoms with E-state index >= 15 is 0 Å². The average Bonchev–Trinajstić information content (AvgIpc) is 3.03. The number of carbonyl (C=O) groups is 5. The van der Waals surface area contributed by atoms with Crippen LogP contribution in [0.3, 0.4) is 0 Å². The molecule has 0 aromatic heterocycles. The molecule has 204 valence electrons. The van der Waals surface area contributed by atoms with Crippen LogP contribution in [0.15, 0.2) is 0 Å². The van der Waals surface area contributed by atoms with Crippen LogP contribution in [0.4, 0.5) is 4.79 Å². The monoisotopic (exact) mass is 508 g/mol. The average molecular weight is 509 g/mol. The zero-order valence-corrected chi connectivity index (χ0v) is 23.4. The summed E-state index contributed by atoms with van der Waals surface area (Å²) in [4.78, 5) is 65.4. The number of piperidine rings is 1. The number of fused-ring (bicyclic) bond motifs is 1. The van der Waals surface area contributed by atoms with Gasteiger partial charge in [0.05, 0.1) is 6.04 Å². The highest BCUT2D eigenvalue weighted by atomic mass is 16.6. The molecule has 1 saturated carbocycles. The first-order chi connectivity index (χ1) is 16.2. The first-order valence-electron chi connectivity index (χ1n) is 12.6. The van der Waals surface area contributed by atoms with Crippen LogP contribution in [-0.4, -0.2) is 64.8 Å². The number of nitrogens with zero attached hydrogens (tertiary/aromatic N) is 1. The second-order valence-electron chi connectivity index (χ2n) is 13.3. The molecule has 5 atom stereocenters. The standard InChI is InChI=1S/C26H44N4O6/c1-13(2)11-15(18(31)20(27)32)28-21(33)17-16-14(26(16,9)10)12-30(17)22(34)19(24(3,4)5)29-23(35)36-25(6,7)8/h13-17,19H,11-12H2,1-10H3,(H2,27,32)(H,28,33)(H,29,35)/t14-,15?,16-,17-,19+/m0/s1. The fourth-order valence-corrected chi connectivity index (χ4v) is 5.18. The van der Waals surface area contributed by atoms with Gasteiger partial charge in [0, 0.05) is 6.54 Å². The maximum absolute atomic E-state index is 13.8. The van der Waals surface area contributed by atoms with Crippen molar-refractivity contribution in [3.8, 4) is 0 Å². The molecular weight excluding hydrogens is 464 g/mol. The zero-order chi connectivity index (χ0) is 28.0. The van der Waals surface area contributed by atoms with Crippen LogP contribution < -0.4 is 16.4 Å².